The van der Waals surface area contributed by atoms with E-state index in [1.165, 1.54) is 0 Å². The van der Waals surface area contributed by atoms with Crippen LogP contribution in [0.5, 0.6) is 0 Å². The molecule has 1 aromatic carbocycles. The van der Waals surface area contributed by atoms with Crippen LogP contribution in [-0.4, -0.2) is 23.5 Å². The zero-order chi connectivity index (χ0) is 14.2. The van der Waals surface area contributed by atoms with Crippen LogP contribution in [-0.2, 0) is 17.6 Å². The highest BCUT2D eigenvalue weighted by Gasteiger charge is 2.13. The van der Waals surface area contributed by atoms with Crippen molar-refractivity contribution >= 4 is 5.91 Å². The minimum absolute atomic E-state index is 0.113. The number of rotatable bonds is 6. The smallest absolute Gasteiger partial charge is 0.237 e. The quantitative estimate of drug-likeness (QED) is 0.831. The van der Waals surface area contributed by atoms with Gasteiger partial charge in [0.25, 0.3) is 0 Å². The van der Waals surface area contributed by atoms with Crippen LogP contribution in [0.1, 0.15) is 11.1 Å². The highest BCUT2D eigenvalue weighted by molar-refractivity contribution is 5.81. The lowest BCUT2D eigenvalue weighted by molar-refractivity contribution is -0.122. The average molecular weight is 269 g/mol. The van der Waals surface area contributed by atoms with Gasteiger partial charge in [0.1, 0.15) is 0 Å². The van der Waals surface area contributed by atoms with Crippen molar-refractivity contribution in [1.82, 2.24) is 10.3 Å². The van der Waals surface area contributed by atoms with Gasteiger partial charge < -0.3 is 11.1 Å². The first kappa shape index (κ1) is 14.2. The summed E-state index contributed by atoms with van der Waals surface area (Å²) < 4.78 is 0. The highest BCUT2D eigenvalue weighted by Crippen LogP contribution is 2.02. The minimum Gasteiger partial charge on any atom is -0.354 e. The third-order valence-corrected chi connectivity index (χ3v) is 3.07. The van der Waals surface area contributed by atoms with Gasteiger partial charge in [-0.2, -0.15) is 0 Å². The van der Waals surface area contributed by atoms with Crippen LogP contribution in [0.3, 0.4) is 0 Å². The van der Waals surface area contributed by atoms with Crippen molar-refractivity contribution < 1.29 is 4.79 Å². The van der Waals surface area contributed by atoms with Crippen LogP contribution < -0.4 is 11.1 Å². The lowest BCUT2D eigenvalue weighted by Crippen LogP contribution is -2.42. The van der Waals surface area contributed by atoms with Gasteiger partial charge in [-0.1, -0.05) is 36.4 Å². The normalized spacial score (nSPS) is 11.8. The van der Waals surface area contributed by atoms with Gasteiger partial charge >= 0.3 is 0 Å². The van der Waals surface area contributed by atoms with Crippen molar-refractivity contribution in [1.29, 1.82) is 0 Å². The molecule has 104 valence electrons. The lowest BCUT2D eigenvalue weighted by atomic mass is 10.1. The average Bonchev–Trinajstić information content (AvgIpc) is 2.49. The van der Waals surface area contributed by atoms with E-state index in [1.807, 2.05) is 42.5 Å². The monoisotopic (exact) mass is 269 g/mol. The Hall–Kier alpha value is -2.20. The summed E-state index contributed by atoms with van der Waals surface area (Å²) >= 11 is 0. The number of amides is 1. The summed E-state index contributed by atoms with van der Waals surface area (Å²) in [6.45, 7) is 0.576. The molecule has 0 unspecified atom stereocenters. The van der Waals surface area contributed by atoms with Crippen LogP contribution in [0, 0.1) is 0 Å². The molecule has 0 saturated carbocycles. The van der Waals surface area contributed by atoms with E-state index < -0.39 is 6.04 Å². The molecule has 2 aromatic rings. The molecule has 0 aliphatic carbocycles. The van der Waals surface area contributed by atoms with Gasteiger partial charge in [-0.15, -0.1) is 0 Å². The van der Waals surface area contributed by atoms with Gasteiger partial charge in [0.2, 0.25) is 5.91 Å². The molecule has 0 spiro atoms. The van der Waals surface area contributed by atoms with Gasteiger partial charge in [-0.05, 0) is 30.0 Å². The van der Waals surface area contributed by atoms with Gasteiger partial charge in [0.05, 0.1) is 6.04 Å². The highest BCUT2D eigenvalue weighted by atomic mass is 16.2. The number of hydrogen-bond acceptors (Lipinski definition) is 3. The first-order valence-electron chi connectivity index (χ1n) is 6.72. The van der Waals surface area contributed by atoms with Crippen LogP contribution >= 0.6 is 0 Å². The van der Waals surface area contributed by atoms with E-state index in [2.05, 4.69) is 10.3 Å². The third kappa shape index (κ3) is 4.48. The van der Waals surface area contributed by atoms with E-state index >= 15 is 0 Å². The first-order chi connectivity index (χ1) is 9.75. The fraction of sp³-hybridized carbons (Fsp3) is 0.250. The molecule has 4 heteroatoms. The van der Waals surface area contributed by atoms with E-state index in [9.17, 15) is 4.79 Å². The third-order valence-electron chi connectivity index (χ3n) is 3.07. The molecule has 0 aliphatic rings. The molecule has 2 rings (SSSR count). The number of carbonyl (C=O) groups excluding carboxylic acids is 1. The molecular formula is C16H19N3O. The molecule has 0 fully saturated rings. The number of pyridine rings is 1. The Bertz CT molecular complexity index is 528. The summed E-state index contributed by atoms with van der Waals surface area (Å²) in [6.07, 6.45) is 4.85. The molecule has 0 radical (unpaired) electrons. The number of nitrogens with zero attached hydrogens (tertiary/aromatic N) is 1. The molecule has 1 atom stereocenters. The summed E-state index contributed by atoms with van der Waals surface area (Å²) in [7, 11) is 0. The van der Waals surface area contributed by atoms with E-state index in [0.29, 0.717) is 13.0 Å². The molecule has 0 bridgehead atoms. The SMILES string of the molecule is N[C@H](Cc1ccccc1)C(=O)NCCc1cccnc1. The van der Waals surface area contributed by atoms with Gasteiger partial charge in [0.15, 0.2) is 0 Å². The lowest BCUT2D eigenvalue weighted by Gasteiger charge is -2.12. The van der Waals surface area contributed by atoms with Crippen LogP contribution in [0.2, 0.25) is 0 Å². The van der Waals surface area contributed by atoms with Crippen molar-refractivity contribution in [2.45, 2.75) is 18.9 Å². The fourth-order valence-electron chi connectivity index (χ4n) is 1.97. The van der Waals surface area contributed by atoms with Crippen molar-refractivity contribution in [3.05, 3.63) is 66.0 Å². The summed E-state index contributed by atoms with van der Waals surface area (Å²) in [4.78, 5) is 15.9. The second kappa shape index (κ2) is 7.40. The van der Waals surface area contributed by atoms with E-state index in [4.69, 9.17) is 5.73 Å². The number of benzene rings is 1. The maximum atomic E-state index is 11.9. The number of nitrogens with two attached hydrogens (primary N) is 1. The molecular weight excluding hydrogens is 250 g/mol. The van der Waals surface area contributed by atoms with Crippen molar-refractivity contribution in [2.75, 3.05) is 6.54 Å². The van der Waals surface area contributed by atoms with Crippen molar-refractivity contribution in [2.24, 2.45) is 5.73 Å². The molecule has 1 aromatic heterocycles. The molecule has 4 nitrogen and oxygen atoms in total. The number of aromatic nitrogens is 1. The Labute approximate surface area is 119 Å². The Kier molecular flexibility index (Phi) is 5.26. The Morgan fingerprint density at radius 2 is 1.90 bits per heavy atom. The van der Waals surface area contributed by atoms with Crippen LogP contribution in [0.15, 0.2) is 54.9 Å². The van der Waals surface area contributed by atoms with E-state index in [-0.39, 0.29) is 5.91 Å². The topological polar surface area (TPSA) is 68.0 Å². The summed E-state index contributed by atoms with van der Waals surface area (Å²) in [5.74, 6) is -0.113. The zero-order valence-electron chi connectivity index (χ0n) is 11.3. The standard InChI is InChI=1S/C16H19N3O/c17-15(11-13-5-2-1-3-6-13)16(20)19-10-8-14-7-4-9-18-12-14/h1-7,9,12,15H,8,10-11,17H2,(H,19,20)/t15-/m1/s1. The largest absolute Gasteiger partial charge is 0.354 e. The molecule has 3 N–H and O–H groups in total. The maximum Gasteiger partial charge on any atom is 0.237 e. The minimum atomic E-state index is -0.508. The summed E-state index contributed by atoms with van der Waals surface area (Å²) in [5.41, 5.74) is 8.08. The Balaban J connectivity index is 1.74. The Morgan fingerprint density at radius 3 is 2.60 bits per heavy atom. The number of nitrogens with one attached hydrogen (secondary N) is 1. The summed E-state index contributed by atoms with van der Waals surface area (Å²) in [6, 6.07) is 13.2. The second-order valence-corrected chi connectivity index (χ2v) is 4.70. The summed E-state index contributed by atoms with van der Waals surface area (Å²) in [5, 5.41) is 2.86. The first-order valence-corrected chi connectivity index (χ1v) is 6.72. The molecule has 1 amide bonds. The van der Waals surface area contributed by atoms with Crippen LogP contribution in [0.4, 0.5) is 0 Å². The number of carbonyl (C=O) groups is 1. The predicted octanol–water partition coefficient (Wildman–Crippen LogP) is 1.31. The zero-order valence-corrected chi connectivity index (χ0v) is 11.3. The molecule has 0 saturated heterocycles. The maximum absolute atomic E-state index is 11.9. The van der Waals surface area contributed by atoms with E-state index in [0.717, 1.165) is 17.5 Å². The Morgan fingerprint density at radius 1 is 1.15 bits per heavy atom. The van der Waals surface area contributed by atoms with Crippen molar-refractivity contribution in [3.63, 3.8) is 0 Å². The van der Waals surface area contributed by atoms with E-state index in [1.54, 1.807) is 12.4 Å². The van der Waals surface area contributed by atoms with Crippen molar-refractivity contribution in [3.8, 4) is 0 Å². The molecule has 1 heterocycles. The number of hydrogen-bond donors (Lipinski definition) is 2. The molecule has 0 aliphatic heterocycles. The fourth-order valence-corrected chi connectivity index (χ4v) is 1.97. The molecule has 20 heavy (non-hydrogen) atoms. The predicted molar refractivity (Wildman–Crippen MR) is 79.1 cm³/mol. The van der Waals surface area contributed by atoms with Gasteiger partial charge in [0, 0.05) is 18.9 Å². The van der Waals surface area contributed by atoms with Crippen LogP contribution in [0.25, 0.3) is 0 Å². The second-order valence-electron chi connectivity index (χ2n) is 4.70. The van der Waals surface area contributed by atoms with Gasteiger partial charge in [-0.25, -0.2) is 0 Å². The van der Waals surface area contributed by atoms with Gasteiger partial charge in [-0.3, -0.25) is 9.78 Å².